The summed E-state index contributed by atoms with van der Waals surface area (Å²) in [5.74, 6) is 0.851. The molecule has 5 nitrogen and oxygen atoms in total. The second-order valence-corrected chi connectivity index (χ2v) is 8.71. The van der Waals surface area contributed by atoms with Crippen molar-refractivity contribution in [2.75, 3.05) is 33.7 Å². The van der Waals surface area contributed by atoms with Crippen molar-refractivity contribution in [3.63, 3.8) is 0 Å². The number of phenols is 1. The van der Waals surface area contributed by atoms with Gasteiger partial charge < -0.3 is 19.9 Å². The van der Waals surface area contributed by atoms with Crippen molar-refractivity contribution in [2.45, 2.75) is 38.5 Å². The van der Waals surface area contributed by atoms with Crippen molar-refractivity contribution in [1.82, 2.24) is 14.8 Å². The minimum absolute atomic E-state index is 0. The number of aromatic amines is 1. The lowest BCUT2D eigenvalue weighted by Crippen LogP contribution is -2.53. The van der Waals surface area contributed by atoms with Crippen molar-refractivity contribution in [1.29, 1.82) is 0 Å². The number of hydrogen-bond acceptors (Lipinski definition) is 3. The third-order valence-corrected chi connectivity index (χ3v) is 7.03. The third-order valence-electron chi connectivity index (χ3n) is 7.03. The molecule has 6 heteroatoms. The van der Waals surface area contributed by atoms with E-state index in [0.29, 0.717) is 11.7 Å². The summed E-state index contributed by atoms with van der Waals surface area (Å²) in [7, 11) is 3.60. The SMILES string of the molecule is CCN1CC[C@]2(c3cccc(O)c3)Cc3[nH]c(C(=O)N(C)C)c(C)c3C[C@H]2C1.Cl. The number of aromatic nitrogens is 1. The van der Waals surface area contributed by atoms with Crippen molar-refractivity contribution in [3.05, 3.63) is 52.3 Å². The van der Waals surface area contributed by atoms with Gasteiger partial charge in [0.2, 0.25) is 0 Å². The maximum absolute atomic E-state index is 12.6. The van der Waals surface area contributed by atoms with E-state index in [2.05, 4.69) is 29.8 Å². The largest absolute Gasteiger partial charge is 0.508 e. The van der Waals surface area contributed by atoms with E-state index in [0.717, 1.165) is 50.2 Å². The zero-order valence-electron chi connectivity index (χ0n) is 17.8. The summed E-state index contributed by atoms with van der Waals surface area (Å²) in [4.78, 5) is 20.3. The number of piperidine rings is 1. The predicted molar refractivity (Wildman–Crippen MR) is 118 cm³/mol. The third kappa shape index (κ3) is 3.55. The molecular formula is C23H32ClN3O2. The second kappa shape index (κ2) is 8.04. The van der Waals surface area contributed by atoms with E-state index in [1.807, 2.05) is 12.1 Å². The predicted octanol–water partition coefficient (Wildman–Crippen LogP) is 3.53. The lowest BCUT2D eigenvalue weighted by atomic mass is 9.58. The number of nitrogens with one attached hydrogen (secondary N) is 1. The standard InChI is InChI=1S/C23H31N3O2.ClH/c1-5-26-10-9-23(16-7-6-8-18(27)11-16)13-20-19(12-17(23)14-26)15(2)21(24-20)22(28)25(3)4;/h6-8,11,17,24,27H,5,9-10,12-14H2,1-4H3;1H/t17-,23+;/m0./s1. The van der Waals surface area contributed by atoms with E-state index in [9.17, 15) is 9.90 Å². The Hall–Kier alpha value is -1.98. The van der Waals surface area contributed by atoms with Crippen LogP contribution in [-0.2, 0) is 18.3 Å². The Morgan fingerprint density at radius 2 is 2.14 bits per heavy atom. The van der Waals surface area contributed by atoms with Crippen LogP contribution < -0.4 is 0 Å². The normalized spacial score (nSPS) is 23.7. The first-order chi connectivity index (χ1) is 13.4. The maximum Gasteiger partial charge on any atom is 0.270 e. The van der Waals surface area contributed by atoms with Crippen LogP contribution in [0.4, 0.5) is 0 Å². The highest BCUT2D eigenvalue weighted by atomic mass is 35.5. The number of halogens is 1. The van der Waals surface area contributed by atoms with Crippen LogP contribution >= 0.6 is 12.4 Å². The molecule has 2 aromatic rings. The van der Waals surface area contributed by atoms with Gasteiger partial charge in [0.15, 0.2) is 0 Å². The molecule has 1 saturated heterocycles. The van der Waals surface area contributed by atoms with E-state index in [1.54, 1.807) is 25.1 Å². The monoisotopic (exact) mass is 417 g/mol. The number of H-pyrrole nitrogens is 1. The average Bonchev–Trinajstić information content (AvgIpc) is 3.00. The first kappa shape index (κ1) is 21.7. The molecule has 0 spiro atoms. The summed E-state index contributed by atoms with van der Waals surface area (Å²) in [6.07, 6.45) is 2.95. The van der Waals surface area contributed by atoms with Gasteiger partial charge in [0.25, 0.3) is 5.91 Å². The van der Waals surface area contributed by atoms with E-state index >= 15 is 0 Å². The molecule has 1 fully saturated rings. The highest BCUT2D eigenvalue weighted by Crippen LogP contribution is 2.49. The van der Waals surface area contributed by atoms with Gasteiger partial charge in [0, 0.05) is 31.7 Å². The van der Waals surface area contributed by atoms with E-state index in [-0.39, 0.29) is 23.7 Å². The van der Waals surface area contributed by atoms with E-state index < -0.39 is 0 Å². The number of fused-ring (bicyclic) bond motifs is 2. The Balaban J connectivity index is 0.00000240. The van der Waals surface area contributed by atoms with Crippen LogP contribution in [0.3, 0.4) is 0 Å². The average molecular weight is 418 g/mol. The molecule has 1 amide bonds. The maximum atomic E-state index is 12.6. The number of phenolic OH excluding ortho intramolecular Hbond substituents is 1. The van der Waals surface area contributed by atoms with Crippen LogP contribution in [0, 0.1) is 12.8 Å². The number of likely N-dealkylation sites (tertiary alicyclic amines) is 1. The number of amides is 1. The number of aromatic hydroxyl groups is 1. The molecule has 0 unspecified atom stereocenters. The van der Waals surface area contributed by atoms with Crippen LogP contribution in [0.25, 0.3) is 0 Å². The van der Waals surface area contributed by atoms with Gasteiger partial charge in [-0.3, -0.25) is 4.79 Å². The number of carbonyl (C=O) groups is 1. The number of hydrogen-bond donors (Lipinski definition) is 2. The second-order valence-electron chi connectivity index (χ2n) is 8.71. The summed E-state index contributed by atoms with van der Waals surface area (Å²) in [6.45, 7) is 7.50. The smallest absolute Gasteiger partial charge is 0.270 e. The fourth-order valence-electron chi connectivity index (χ4n) is 5.34. The molecule has 0 bridgehead atoms. The Labute approximate surface area is 179 Å². The first-order valence-electron chi connectivity index (χ1n) is 10.3. The molecule has 4 rings (SSSR count). The van der Waals surface area contributed by atoms with Crippen LogP contribution in [0.5, 0.6) is 5.75 Å². The lowest BCUT2D eigenvalue weighted by Gasteiger charge is -2.51. The van der Waals surface area contributed by atoms with E-state index in [4.69, 9.17) is 0 Å². The minimum Gasteiger partial charge on any atom is -0.508 e. The quantitative estimate of drug-likeness (QED) is 0.803. The Bertz CT molecular complexity index is 908. The fourth-order valence-corrected chi connectivity index (χ4v) is 5.34. The Kier molecular flexibility index (Phi) is 6.02. The fraction of sp³-hybridized carbons (Fsp3) is 0.522. The summed E-state index contributed by atoms with van der Waals surface area (Å²) >= 11 is 0. The van der Waals surface area contributed by atoms with Crippen molar-refractivity contribution >= 4 is 18.3 Å². The molecular weight excluding hydrogens is 386 g/mol. The molecule has 2 N–H and O–H groups in total. The van der Waals surface area contributed by atoms with Gasteiger partial charge in [-0.2, -0.15) is 0 Å². The lowest BCUT2D eigenvalue weighted by molar-refractivity contribution is 0.0820. The Morgan fingerprint density at radius 1 is 1.38 bits per heavy atom. The van der Waals surface area contributed by atoms with Crippen molar-refractivity contribution in [2.24, 2.45) is 5.92 Å². The van der Waals surface area contributed by atoms with Gasteiger partial charge in [-0.25, -0.2) is 0 Å². The molecule has 1 aliphatic heterocycles. The van der Waals surface area contributed by atoms with Crippen LogP contribution in [0.15, 0.2) is 24.3 Å². The minimum atomic E-state index is 0. The zero-order valence-corrected chi connectivity index (χ0v) is 18.6. The van der Waals surface area contributed by atoms with Gasteiger partial charge in [0.05, 0.1) is 0 Å². The highest BCUT2D eigenvalue weighted by molar-refractivity contribution is 5.94. The number of nitrogens with zero attached hydrogens (tertiary/aromatic N) is 2. The molecule has 1 aromatic carbocycles. The van der Waals surface area contributed by atoms with Gasteiger partial charge in [-0.05, 0) is 74.0 Å². The summed E-state index contributed by atoms with van der Waals surface area (Å²) in [5, 5.41) is 10.1. The zero-order chi connectivity index (χ0) is 20.1. The van der Waals surface area contributed by atoms with Gasteiger partial charge >= 0.3 is 0 Å². The van der Waals surface area contributed by atoms with Gasteiger partial charge in [-0.15, -0.1) is 12.4 Å². The van der Waals surface area contributed by atoms with Crippen LogP contribution in [0.2, 0.25) is 0 Å². The molecule has 2 aliphatic rings. The van der Waals surface area contributed by atoms with Gasteiger partial charge in [-0.1, -0.05) is 19.1 Å². The molecule has 158 valence electrons. The molecule has 1 aromatic heterocycles. The topological polar surface area (TPSA) is 59.6 Å². The summed E-state index contributed by atoms with van der Waals surface area (Å²) < 4.78 is 0. The molecule has 2 atom stereocenters. The summed E-state index contributed by atoms with van der Waals surface area (Å²) in [6, 6.07) is 7.82. The first-order valence-corrected chi connectivity index (χ1v) is 10.3. The molecule has 0 saturated carbocycles. The van der Waals surface area contributed by atoms with Crippen molar-refractivity contribution < 1.29 is 9.90 Å². The number of rotatable bonds is 3. The van der Waals surface area contributed by atoms with Crippen LogP contribution in [0.1, 0.15) is 46.2 Å². The summed E-state index contributed by atoms with van der Waals surface area (Å²) in [5.41, 5.74) is 5.59. The van der Waals surface area contributed by atoms with E-state index in [1.165, 1.54) is 16.8 Å². The highest BCUT2D eigenvalue weighted by Gasteiger charge is 2.48. The Morgan fingerprint density at radius 3 is 2.79 bits per heavy atom. The molecule has 1 aliphatic carbocycles. The molecule has 2 heterocycles. The van der Waals surface area contributed by atoms with Crippen LogP contribution in [-0.4, -0.2) is 59.5 Å². The molecule has 0 radical (unpaired) electrons. The van der Waals surface area contributed by atoms with Gasteiger partial charge in [0.1, 0.15) is 11.4 Å². The number of carbonyl (C=O) groups excluding carboxylic acids is 1. The number of benzene rings is 1. The van der Waals surface area contributed by atoms with Crippen molar-refractivity contribution in [3.8, 4) is 5.75 Å². The molecule has 29 heavy (non-hydrogen) atoms.